The standard InChI is InChI=1S/C32H35N3O3S/c1-21(24-19-27-25(20-28(24)37-5)31(36)35(4)18-10-6-9-17-33-27)32(2,3)38-23-15-13-22(14-16-23)30-34-26-11-7-8-12-29(26)39-30/h7-8,11-17,19-21H,6,9-10,18H2,1-5H3. The number of benzene rings is 3. The van der Waals surface area contributed by atoms with E-state index < -0.39 is 5.60 Å². The predicted molar refractivity (Wildman–Crippen MR) is 160 cm³/mol. The number of fused-ring (bicyclic) bond motifs is 2. The topological polar surface area (TPSA) is 64.0 Å². The first-order valence-electron chi connectivity index (χ1n) is 13.4. The second-order valence-corrected chi connectivity index (χ2v) is 11.6. The summed E-state index contributed by atoms with van der Waals surface area (Å²) in [7, 11) is 3.49. The van der Waals surface area contributed by atoms with E-state index in [1.165, 1.54) is 4.70 Å². The number of para-hydroxylation sites is 1. The molecule has 0 bridgehead atoms. The fourth-order valence-corrected chi connectivity index (χ4v) is 5.83. The van der Waals surface area contributed by atoms with Gasteiger partial charge in [0.25, 0.3) is 5.91 Å². The molecule has 1 aromatic heterocycles. The molecule has 1 unspecified atom stereocenters. The molecule has 1 aliphatic rings. The number of carbonyl (C=O) groups is 1. The Balaban J connectivity index is 1.41. The lowest BCUT2D eigenvalue weighted by molar-refractivity contribution is 0.0793. The number of nitrogens with zero attached hydrogens (tertiary/aromatic N) is 3. The highest BCUT2D eigenvalue weighted by atomic mass is 32.1. The highest BCUT2D eigenvalue weighted by molar-refractivity contribution is 7.21. The molecule has 5 rings (SSSR count). The Morgan fingerprint density at radius 2 is 1.82 bits per heavy atom. The van der Waals surface area contributed by atoms with Gasteiger partial charge in [0.1, 0.15) is 22.1 Å². The summed E-state index contributed by atoms with van der Waals surface area (Å²) in [5, 5.41) is 0.994. The quantitative estimate of drug-likeness (QED) is 0.249. The minimum Gasteiger partial charge on any atom is -0.496 e. The molecule has 0 radical (unpaired) electrons. The van der Waals surface area contributed by atoms with E-state index >= 15 is 0 Å². The fourth-order valence-electron chi connectivity index (χ4n) is 4.86. The zero-order valence-electron chi connectivity index (χ0n) is 23.2. The van der Waals surface area contributed by atoms with Crippen molar-refractivity contribution in [1.82, 2.24) is 9.88 Å². The molecule has 0 N–H and O–H groups in total. The van der Waals surface area contributed by atoms with Crippen LogP contribution in [-0.2, 0) is 0 Å². The number of hydrogen-bond acceptors (Lipinski definition) is 6. The van der Waals surface area contributed by atoms with Crippen LogP contribution in [0.25, 0.3) is 20.8 Å². The van der Waals surface area contributed by atoms with Gasteiger partial charge in [-0.1, -0.05) is 19.1 Å². The van der Waals surface area contributed by atoms with Gasteiger partial charge < -0.3 is 14.4 Å². The first kappa shape index (κ1) is 26.9. The molecule has 7 heteroatoms. The Morgan fingerprint density at radius 3 is 2.56 bits per heavy atom. The predicted octanol–water partition coefficient (Wildman–Crippen LogP) is 7.89. The van der Waals surface area contributed by atoms with Crippen LogP contribution in [0.2, 0.25) is 0 Å². The van der Waals surface area contributed by atoms with E-state index in [2.05, 4.69) is 39.0 Å². The lowest BCUT2D eigenvalue weighted by atomic mass is 9.84. The summed E-state index contributed by atoms with van der Waals surface area (Å²) >= 11 is 1.69. The van der Waals surface area contributed by atoms with E-state index in [0.29, 0.717) is 17.0 Å². The van der Waals surface area contributed by atoms with Gasteiger partial charge in [0.05, 0.1) is 28.6 Å². The van der Waals surface area contributed by atoms with Crippen LogP contribution < -0.4 is 9.47 Å². The van der Waals surface area contributed by atoms with Crippen molar-refractivity contribution >= 4 is 39.4 Å². The zero-order valence-corrected chi connectivity index (χ0v) is 24.0. The summed E-state index contributed by atoms with van der Waals surface area (Å²) < 4.78 is 13.5. The Bertz CT molecular complexity index is 1470. The summed E-state index contributed by atoms with van der Waals surface area (Å²) in [4.78, 5) is 24.4. The number of methoxy groups -OCH3 is 1. The molecule has 4 aromatic rings. The Labute approximate surface area is 234 Å². The summed E-state index contributed by atoms with van der Waals surface area (Å²) in [6, 6.07) is 20.1. The van der Waals surface area contributed by atoms with Crippen molar-refractivity contribution in [3.05, 3.63) is 71.8 Å². The number of rotatable bonds is 6. The van der Waals surface area contributed by atoms with Crippen molar-refractivity contribution < 1.29 is 14.3 Å². The monoisotopic (exact) mass is 541 g/mol. The minimum absolute atomic E-state index is 0.0368. The van der Waals surface area contributed by atoms with Gasteiger partial charge in [0.2, 0.25) is 0 Å². The van der Waals surface area contributed by atoms with Crippen LogP contribution in [0.1, 0.15) is 61.9 Å². The zero-order chi connectivity index (χ0) is 27.6. The molecule has 6 nitrogen and oxygen atoms in total. The molecule has 202 valence electrons. The van der Waals surface area contributed by atoms with Crippen LogP contribution in [0.4, 0.5) is 5.69 Å². The molecule has 1 amide bonds. The third-order valence-electron chi connectivity index (χ3n) is 7.52. The van der Waals surface area contributed by atoms with E-state index in [4.69, 9.17) is 19.5 Å². The highest BCUT2D eigenvalue weighted by Crippen LogP contribution is 2.41. The van der Waals surface area contributed by atoms with E-state index in [0.717, 1.165) is 53.2 Å². The maximum absolute atomic E-state index is 13.2. The molecule has 0 fully saturated rings. The van der Waals surface area contributed by atoms with Gasteiger partial charge >= 0.3 is 0 Å². The maximum Gasteiger partial charge on any atom is 0.255 e. The van der Waals surface area contributed by atoms with Crippen LogP contribution in [0, 0.1) is 0 Å². The Morgan fingerprint density at radius 1 is 1.05 bits per heavy atom. The molecule has 2 heterocycles. The third kappa shape index (κ3) is 5.69. The molecule has 0 spiro atoms. The molecule has 1 atom stereocenters. The Kier molecular flexibility index (Phi) is 7.71. The maximum atomic E-state index is 13.2. The summed E-state index contributed by atoms with van der Waals surface area (Å²) in [5.74, 6) is 1.35. The molecular formula is C32H35N3O3S. The second-order valence-electron chi connectivity index (χ2n) is 10.6. The highest BCUT2D eigenvalue weighted by Gasteiger charge is 2.33. The van der Waals surface area contributed by atoms with Crippen molar-refractivity contribution in [2.24, 2.45) is 4.99 Å². The van der Waals surface area contributed by atoms with Gasteiger partial charge in [-0.15, -0.1) is 11.3 Å². The van der Waals surface area contributed by atoms with Crippen molar-refractivity contribution in [2.45, 2.75) is 51.6 Å². The Hall–Kier alpha value is -3.71. The van der Waals surface area contributed by atoms with Crippen molar-refractivity contribution in [2.75, 3.05) is 20.7 Å². The average molecular weight is 542 g/mol. The molecule has 0 aliphatic carbocycles. The first-order chi connectivity index (χ1) is 18.8. The summed E-state index contributed by atoms with van der Waals surface area (Å²) in [6.07, 6.45) is 4.78. The summed E-state index contributed by atoms with van der Waals surface area (Å²) in [5.41, 5.74) is 3.70. The first-order valence-corrected chi connectivity index (χ1v) is 14.2. The van der Waals surface area contributed by atoms with Crippen LogP contribution >= 0.6 is 11.3 Å². The van der Waals surface area contributed by atoms with Crippen molar-refractivity contribution in [1.29, 1.82) is 0 Å². The largest absolute Gasteiger partial charge is 0.496 e. The van der Waals surface area contributed by atoms with Gasteiger partial charge in [0.15, 0.2) is 0 Å². The van der Waals surface area contributed by atoms with Crippen LogP contribution in [0.3, 0.4) is 0 Å². The molecule has 0 saturated heterocycles. The van der Waals surface area contributed by atoms with Gasteiger partial charge in [-0.3, -0.25) is 9.79 Å². The normalized spacial score (nSPS) is 15.2. The number of thiazole rings is 1. The van der Waals surface area contributed by atoms with Gasteiger partial charge in [-0.2, -0.15) is 0 Å². The molecule has 1 aliphatic heterocycles. The lowest BCUT2D eigenvalue weighted by Crippen LogP contribution is -2.35. The number of aromatic nitrogens is 1. The molecule has 0 saturated carbocycles. The van der Waals surface area contributed by atoms with Gasteiger partial charge in [-0.25, -0.2) is 4.98 Å². The number of carbonyl (C=O) groups excluding carboxylic acids is 1. The number of amides is 1. The van der Waals surface area contributed by atoms with Crippen LogP contribution in [0.15, 0.2) is 65.7 Å². The second kappa shape index (κ2) is 11.2. The lowest BCUT2D eigenvalue weighted by Gasteiger charge is -2.34. The molecule has 3 aromatic carbocycles. The van der Waals surface area contributed by atoms with Crippen LogP contribution in [-0.4, -0.2) is 48.3 Å². The van der Waals surface area contributed by atoms with Crippen molar-refractivity contribution in [3.8, 4) is 22.1 Å². The van der Waals surface area contributed by atoms with E-state index in [-0.39, 0.29) is 11.8 Å². The van der Waals surface area contributed by atoms with E-state index in [1.807, 2.05) is 55.7 Å². The fraction of sp³-hybridized carbons (Fsp3) is 0.344. The average Bonchev–Trinajstić information content (AvgIpc) is 3.38. The van der Waals surface area contributed by atoms with E-state index in [1.54, 1.807) is 23.3 Å². The van der Waals surface area contributed by atoms with Gasteiger partial charge in [0, 0.05) is 36.9 Å². The number of aliphatic imine (C=N–C) groups is 1. The van der Waals surface area contributed by atoms with E-state index in [9.17, 15) is 4.79 Å². The smallest absolute Gasteiger partial charge is 0.255 e. The number of ether oxygens (including phenoxy) is 2. The SMILES string of the molecule is COc1cc2c(cc1C(C)C(C)(C)Oc1ccc(-c3nc4ccccc4s3)cc1)N=CCCCCN(C)C2=O. The summed E-state index contributed by atoms with van der Waals surface area (Å²) in [6.45, 7) is 7.00. The number of hydrogen-bond donors (Lipinski definition) is 0. The van der Waals surface area contributed by atoms with Crippen molar-refractivity contribution in [3.63, 3.8) is 0 Å². The minimum atomic E-state index is -0.570. The van der Waals surface area contributed by atoms with Crippen LogP contribution in [0.5, 0.6) is 11.5 Å². The molecule has 39 heavy (non-hydrogen) atoms. The van der Waals surface area contributed by atoms with Gasteiger partial charge in [-0.05, 0) is 81.6 Å². The third-order valence-corrected chi connectivity index (χ3v) is 8.60. The molecular weight excluding hydrogens is 506 g/mol.